The van der Waals surface area contributed by atoms with Gasteiger partial charge in [0.2, 0.25) is 0 Å². The van der Waals surface area contributed by atoms with Gasteiger partial charge in [0.15, 0.2) is 0 Å². The summed E-state index contributed by atoms with van der Waals surface area (Å²) >= 11 is 1.77. The van der Waals surface area contributed by atoms with Crippen molar-refractivity contribution >= 4 is 19.4 Å². The summed E-state index contributed by atoms with van der Waals surface area (Å²) in [5.74, 6) is 0. The van der Waals surface area contributed by atoms with Crippen molar-refractivity contribution < 1.29 is 5.11 Å². The first-order valence-corrected chi connectivity index (χ1v) is 9.80. The van der Waals surface area contributed by atoms with E-state index in [-0.39, 0.29) is 6.10 Å². The standard InChI is InChI=1S/C11H19NOSSi/c1-15(2)7-10(11(13)8-15)12-6-9-4-3-5-14-9/h3-5,10-13H,6-8H2,1-2H3/t10-,11-/m1/s1. The van der Waals surface area contributed by atoms with Gasteiger partial charge in [-0.25, -0.2) is 0 Å². The van der Waals surface area contributed by atoms with Crippen LogP contribution in [0.5, 0.6) is 0 Å². The summed E-state index contributed by atoms with van der Waals surface area (Å²) in [4.78, 5) is 1.36. The van der Waals surface area contributed by atoms with Crippen LogP contribution in [-0.2, 0) is 6.54 Å². The lowest BCUT2D eigenvalue weighted by molar-refractivity contribution is 0.162. The molecule has 4 heteroatoms. The molecule has 0 amide bonds. The van der Waals surface area contributed by atoms with Crippen LogP contribution in [0.1, 0.15) is 4.88 Å². The van der Waals surface area contributed by atoms with E-state index in [1.807, 2.05) is 0 Å². The fourth-order valence-corrected chi connectivity index (χ4v) is 6.22. The molecule has 1 aromatic rings. The van der Waals surface area contributed by atoms with Crippen LogP contribution >= 0.6 is 11.3 Å². The summed E-state index contributed by atoms with van der Waals surface area (Å²) < 4.78 is 0. The van der Waals surface area contributed by atoms with E-state index in [1.165, 1.54) is 10.9 Å². The highest BCUT2D eigenvalue weighted by Crippen LogP contribution is 2.30. The molecule has 1 aliphatic heterocycles. The minimum absolute atomic E-state index is 0.119. The van der Waals surface area contributed by atoms with Crippen LogP contribution in [0.4, 0.5) is 0 Å². The first-order chi connectivity index (χ1) is 7.07. The lowest BCUT2D eigenvalue weighted by atomic mass is 10.2. The zero-order valence-corrected chi connectivity index (χ0v) is 11.2. The van der Waals surface area contributed by atoms with Gasteiger partial charge in [-0.2, -0.15) is 0 Å². The van der Waals surface area contributed by atoms with Gasteiger partial charge in [-0.1, -0.05) is 19.2 Å². The van der Waals surface area contributed by atoms with Crippen molar-refractivity contribution in [3.8, 4) is 0 Å². The number of rotatable bonds is 3. The first kappa shape index (κ1) is 11.3. The number of hydrogen-bond donors (Lipinski definition) is 2. The summed E-state index contributed by atoms with van der Waals surface area (Å²) in [5.41, 5.74) is 0. The Morgan fingerprint density at radius 3 is 2.87 bits per heavy atom. The number of aliphatic hydroxyl groups is 1. The third-order valence-electron chi connectivity index (χ3n) is 3.12. The van der Waals surface area contributed by atoms with E-state index < -0.39 is 8.07 Å². The van der Waals surface area contributed by atoms with Crippen molar-refractivity contribution in [2.24, 2.45) is 0 Å². The lowest BCUT2D eigenvalue weighted by Crippen LogP contribution is -2.34. The van der Waals surface area contributed by atoms with E-state index in [0.717, 1.165) is 12.6 Å². The molecule has 0 unspecified atom stereocenters. The molecule has 0 aromatic carbocycles. The Bertz CT molecular complexity index is 312. The summed E-state index contributed by atoms with van der Waals surface area (Å²) in [5, 5.41) is 15.5. The van der Waals surface area contributed by atoms with Crippen LogP contribution in [0.2, 0.25) is 25.2 Å². The molecule has 0 aliphatic carbocycles. The molecule has 0 bridgehead atoms. The molecule has 2 nitrogen and oxygen atoms in total. The van der Waals surface area contributed by atoms with E-state index in [2.05, 4.69) is 35.9 Å². The molecular weight excluding hydrogens is 222 g/mol. The summed E-state index contributed by atoms with van der Waals surface area (Å²) in [6, 6.07) is 6.80. The van der Waals surface area contributed by atoms with Crippen molar-refractivity contribution in [3.63, 3.8) is 0 Å². The van der Waals surface area contributed by atoms with Crippen LogP contribution in [0.3, 0.4) is 0 Å². The molecule has 0 spiro atoms. The minimum atomic E-state index is -1.10. The van der Waals surface area contributed by atoms with Crippen LogP contribution in [0, 0.1) is 0 Å². The fraction of sp³-hybridized carbons (Fsp3) is 0.636. The number of thiophene rings is 1. The fourth-order valence-electron chi connectivity index (χ4n) is 2.38. The summed E-state index contributed by atoms with van der Waals surface area (Å²) in [7, 11) is -1.10. The van der Waals surface area contributed by atoms with E-state index in [1.54, 1.807) is 11.3 Å². The van der Waals surface area contributed by atoms with Crippen LogP contribution < -0.4 is 5.32 Å². The largest absolute Gasteiger partial charge is 0.392 e. The molecule has 2 N–H and O–H groups in total. The Labute approximate surface area is 96.3 Å². The van der Waals surface area contributed by atoms with E-state index >= 15 is 0 Å². The van der Waals surface area contributed by atoms with Crippen molar-refractivity contribution in [2.45, 2.75) is 43.9 Å². The maximum atomic E-state index is 9.93. The molecule has 1 aliphatic rings. The average Bonchev–Trinajstić information content (AvgIpc) is 2.70. The topological polar surface area (TPSA) is 32.3 Å². The van der Waals surface area contributed by atoms with Gasteiger partial charge in [-0.15, -0.1) is 11.3 Å². The van der Waals surface area contributed by atoms with Crippen molar-refractivity contribution in [1.82, 2.24) is 5.32 Å². The zero-order chi connectivity index (χ0) is 10.9. The molecule has 2 atom stereocenters. The van der Waals surface area contributed by atoms with Gasteiger partial charge in [0, 0.05) is 17.5 Å². The molecule has 2 heterocycles. The van der Waals surface area contributed by atoms with E-state index in [9.17, 15) is 5.11 Å². The molecule has 1 fully saturated rings. The predicted octanol–water partition coefficient (Wildman–Crippen LogP) is 2.29. The first-order valence-electron chi connectivity index (χ1n) is 5.51. The van der Waals surface area contributed by atoms with Gasteiger partial charge in [-0.3, -0.25) is 0 Å². The normalized spacial score (nSPS) is 29.5. The highest BCUT2D eigenvalue weighted by molar-refractivity contribution is 7.09. The van der Waals surface area contributed by atoms with E-state index in [0.29, 0.717) is 6.04 Å². The second kappa shape index (κ2) is 4.37. The van der Waals surface area contributed by atoms with Crippen LogP contribution in [0.25, 0.3) is 0 Å². The molecule has 1 saturated heterocycles. The number of aliphatic hydroxyl groups excluding tert-OH is 1. The molecule has 15 heavy (non-hydrogen) atoms. The quantitative estimate of drug-likeness (QED) is 0.796. The molecule has 84 valence electrons. The third kappa shape index (κ3) is 2.90. The summed E-state index contributed by atoms with van der Waals surface area (Å²) in [6.45, 7) is 5.63. The average molecular weight is 241 g/mol. The Morgan fingerprint density at radius 2 is 2.33 bits per heavy atom. The van der Waals surface area contributed by atoms with Gasteiger partial charge >= 0.3 is 0 Å². The van der Waals surface area contributed by atoms with Gasteiger partial charge in [0.05, 0.1) is 14.2 Å². The Hall–Kier alpha value is -0.163. The second-order valence-corrected chi connectivity index (χ2v) is 11.4. The highest BCUT2D eigenvalue weighted by atomic mass is 32.1. The Morgan fingerprint density at radius 1 is 1.53 bits per heavy atom. The lowest BCUT2D eigenvalue weighted by Gasteiger charge is -2.16. The highest BCUT2D eigenvalue weighted by Gasteiger charge is 2.39. The molecule has 0 saturated carbocycles. The molecular formula is C11H19NOSSi. The van der Waals surface area contributed by atoms with Crippen LogP contribution in [0.15, 0.2) is 17.5 Å². The van der Waals surface area contributed by atoms with Crippen molar-refractivity contribution in [3.05, 3.63) is 22.4 Å². The van der Waals surface area contributed by atoms with Gasteiger partial charge in [0.1, 0.15) is 0 Å². The number of hydrogen-bond acceptors (Lipinski definition) is 3. The zero-order valence-electron chi connectivity index (χ0n) is 9.36. The van der Waals surface area contributed by atoms with Gasteiger partial charge in [0.25, 0.3) is 0 Å². The smallest absolute Gasteiger partial charge is 0.0667 e. The van der Waals surface area contributed by atoms with E-state index in [4.69, 9.17) is 0 Å². The third-order valence-corrected chi connectivity index (χ3v) is 7.06. The SMILES string of the molecule is C[Si]1(C)C[C@@H](O)[C@H](NCc2cccs2)C1. The van der Waals surface area contributed by atoms with Gasteiger partial charge in [-0.05, 0) is 23.5 Å². The van der Waals surface area contributed by atoms with Gasteiger partial charge < -0.3 is 10.4 Å². The summed E-state index contributed by atoms with van der Waals surface area (Å²) in [6.07, 6.45) is -0.119. The molecule has 2 rings (SSSR count). The minimum Gasteiger partial charge on any atom is -0.392 e. The second-order valence-electron chi connectivity index (χ2n) is 5.21. The number of nitrogens with one attached hydrogen (secondary N) is 1. The maximum absolute atomic E-state index is 9.93. The predicted molar refractivity (Wildman–Crippen MR) is 68.0 cm³/mol. The Kier molecular flexibility index (Phi) is 3.30. The van der Waals surface area contributed by atoms with Crippen LogP contribution in [-0.4, -0.2) is 25.3 Å². The maximum Gasteiger partial charge on any atom is 0.0667 e. The Balaban J connectivity index is 1.85. The van der Waals surface area contributed by atoms with Crippen molar-refractivity contribution in [1.29, 1.82) is 0 Å². The molecule has 0 radical (unpaired) electrons. The molecule has 1 aromatic heterocycles. The van der Waals surface area contributed by atoms with Crippen molar-refractivity contribution in [2.75, 3.05) is 0 Å². The monoisotopic (exact) mass is 241 g/mol.